The van der Waals surface area contributed by atoms with Crippen LogP contribution >= 0.6 is 0 Å². The van der Waals surface area contributed by atoms with Crippen molar-refractivity contribution in [3.05, 3.63) is 58.7 Å². The quantitative estimate of drug-likeness (QED) is 0.198. The topological polar surface area (TPSA) is 126 Å². The van der Waals surface area contributed by atoms with E-state index in [2.05, 4.69) is 19.2 Å². The Bertz CT molecular complexity index is 1130. The molecule has 0 heterocycles. The summed E-state index contributed by atoms with van der Waals surface area (Å²) < 4.78 is 84.7. The molecule has 38 heavy (non-hydrogen) atoms. The van der Waals surface area contributed by atoms with Crippen LogP contribution in [-0.2, 0) is 17.6 Å². The fourth-order valence-corrected chi connectivity index (χ4v) is 3.16. The number of carbonyl (C=O) groups excluding carboxylic acids is 2. The molecule has 0 unspecified atom stereocenters. The van der Waals surface area contributed by atoms with E-state index >= 15 is 0 Å². The number of hydrogen-bond acceptors (Lipinski definition) is 5. The van der Waals surface area contributed by atoms with Gasteiger partial charge in [-0.2, -0.15) is 4.99 Å². The number of ether oxygens (including phenoxy) is 3. The van der Waals surface area contributed by atoms with Gasteiger partial charge in [-0.05, 0) is 48.2 Å². The fourth-order valence-electron chi connectivity index (χ4n) is 3.16. The van der Waals surface area contributed by atoms with Gasteiger partial charge in [-0.1, -0.05) is 38.8 Å². The number of aliphatic imine (C=N–C) groups is 1. The fraction of sp³-hybridized carbons (Fsp3) is 0.375. The predicted molar refractivity (Wildman–Crippen MR) is 126 cm³/mol. The zero-order valence-corrected chi connectivity index (χ0v) is 20.7. The third-order valence-electron chi connectivity index (χ3n) is 4.53. The summed E-state index contributed by atoms with van der Waals surface area (Å²) >= 11 is 0. The van der Waals surface area contributed by atoms with Gasteiger partial charge in [0.2, 0.25) is 0 Å². The van der Waals surface area contributed by atoms with E-state index in [-0.39, 0.29) is 11.1 Å². The van der Waals surface area contributed by atoms with Gasteiger partial charge in [0.1, 0.15) is 11.5 Å². The lowest BCUT2D eigenvalue weighted by atomic mass is 10.0. The SMILES string of the molecule is CCCc1ccc(OC(F)(F)F)cc1C(=O)N=C(N)N.CCCc1ccc(OC(F)(F)F)cc1C(=O)OC. The second-order valence-corrected chi connectivity index (χ2v) is 7.57. The predicted octanol–water partition coefficient (Wildman–Crippen LogP) is 5.28. The van der Waals surface area contributed by atoms with Gasteiger partial charge < -0.3 is 25.7 Å². The van der Waals surface area contributed by atoms with E-state index in [0.717, 1.165) is 24.6 Å². The molecule has 4 N–H and O–H groups in total. The molecule has 0 aliphatic rings. The summed E-state index contributed by atoms with van der Waals surface area (Å²) in [5.74, 6) is -2.86. The van der Waals surface area contributed by atoms with Crippen LogP contribution in [0.15, 0.2) is 41.4 Å². The van der Waals surface area contributed by atoms with Crippen LogP contribution in [0.4, 0.5) is 26.3 Å². The van der Waals surface area contributed by atoms with Crippen molar-refractivity contribution in [2.24, 2.45) is 16.5 Å². The minimum atomic E-state index is -4.83. The maximum atomic E-state index is 12.2. The lowest BCUT2D eigenvalue weighted by molar-refractivity contribution is -0.275. The third-order valence-corrected chi connectivity index (χ3v) is 4.53. The zero-order valence-electron chi connectivity index (χ0n) is 20.7. The highest BCUT2D eigenvalue weighted by Gasteiger charge is 2.32. The lowest BCUT2D eigenvalue weighted by Crippen LogP contribution is -2.24. The van der Waals surface area contributed by atoms with E-state index in [9.17, 15) is 35.9 Å². The van der Waals surface area contributed by atoms with Gasteiger partial charge in [-0.3, -0.25) is 4.79 Å². The van der Waals surface area contributed by atoms with Crippen molar-refractivity contribution in [2.75, 3.05) is 7.11 Å². The minimum absolute atomic E-state index is 0.0120. The number of halogens is 6. The average Bonchev–Trinajstić information content (AvgIpc) is 2.79. The molecule has 0 spiro atoms. The van der Waals surface area contributed by atoms with E-state index in [4.69, 9.17) is 11.5 Å². The Balaban J connectivity index is 0.000000382. The Morgan fingerprint density at radius 2 is 1.21 bits per heavy atom. The van der Waals surface area contributed by atoms with E-state index in [1.54, 1.807) is 0 Å². The molecule has 0 saturated carbocycles. The molecular weight excluding hydrogens is 524 g/mol. The van der Waals surface area contributed by atoms with Crippen molar-refractivity contribution in [3.63, 3.8) is 0 Å². The number of alkyl halides is 6. The molecule has 2 rings (SSSR count). The summed E-state index contributed by atoms with van der Waals surface area (Å²) in [6, 6.07) is 7.18. The van der Waals surface area contributed by atoms with Crippen LogP contribution in [0.5, 0.6) is 11.5 Å². The van der Waals surface area contributed by atoms with Gasteiger partial charge in [0, 0.05) is 5.56 Å². The van der Waals surface area contributed by atoms with Crippen molar-refractivity contribution in [1.29, 1.82) is 0 Å². The van der Waals surface area contributed by atoms with Crippen LogP contribution < -0.4 is 20.9 Å². The molecule has 1 amide bonds. The zero-order chi connectivity index (χ0) is 29.1. The molecule has 0 bridgehead atoms. The van der Waals surface area contributed by atoms with Crippen LogP contribution in [0, 0.1) is 0 Å². The minimum Gasteiger partial charge on any atom is -0.465 e. The number of rotatable bonds is 8. The molecule has 0 saturated heterocycles. The Morgan fingerprint density at radius 3 is 1.58 bits per heavy atom. The lowest BCUT2D eigenvalue weighted by Gasteiger charge is -2.12. The van der Waals surface area contributed by atoms with Gasteiger partial charge in [0.25, 0.3) is 5.91 Å². The first kappa shape index (κ1) is 32.1. The van der Waals surface area contributed by atoms with Crippen LogP contribution in [0.2, 0.25) is 0 Å². The maximum absolute atomic E-state index is 12.2. The normalized spacial score (nSPS) is 11.1. The molecule has 2 aromatic carbocycles. The second-order valence-electron chi connectivity index (χ2n) is 7.57. The van der Waals surface area contributed by atoms with Gasteiger partial charge >= 0.3 is 18.7 Å². The molecule has 0 aromatic heterocycles. The largest absolute Gasteiger partial charge is 0.573 e. The van der Waals surface area contributed by atoms with Gasteiger partial charge in [-0.25, -0.2) is 4.79 Å². The number of amides is 1. The van der Waals surface area contributed by atoms with E-state index in [1.165, 1.54) is 25.3 Å². The Kier molecular flexibility index (Phi) is 11.9. The number of aryl methyl sites for hydroxylation is 2. The molecule has 14 heteroatoms. The summed E-state index contributed by atoms with van der Waals surface area (Å²) in [6.07, 6.45) is -7.04. The van der Waals surface area contributed by atoms with Crippen LogP contribution in [0.1, 0.15) is 58.5 Å². The second kappa shape index (κ2) is 14.1. The summed E-state index contributed by atoms with van der Waals surface area (Å²) in [4.78, 5) is 26.6. The number of guanidine groups is 1. The van der Waals surface area contributed by atoms with E-state index < -0.39 is 42.1 Å². The van der Waals surface area contributed by atoms with Gasteiger partial charge in [0.15, 0.2) is 5.96 Å². The highest BCUT2D eigenvalue weighted by atomic mass is 19.4. The first-order valence-corrected chi connectivity index (χ1v) is 11.1. The molecule has 0 radical (unpaired) electrons. The summed E-state index contributed by atoms with van der Waals surface area (Å²) in [7, 11) is 1.18. The molecule has 210 valence electrons. The number of nitrogens with zero attached hydrogens (tertiary/aromatic N) is 1. The van der Waals surface area contributed by atoms with Crippen LogP contribution in [0.3, 0.4) is 0 Å². The molecule has 8 nitrogen and oxygen atoms in total. The highest BCUT2D eigenvalue weighted by molar-refractivity contribution is 6.03. The summed E-state index contributed by atoms with van der Waals surface area (Å²) in [5, 5.41) is 0. The molecule has 0 atom stereocenters. The van der Waals surface area contributed by atoms with Gasteiger partial charge in [0.05, 0.1) is 12.7 Å². The number of methoxy groups -OCH3 is 1. The molecule has 0 aliphatic heterocycles. The van der Waals surface area contributed by atoms with Crippen molar-refractivity contribution in [2.45, 2.75) is 52.3 Å². The number of carbonyl (C=O) groups is 2. The van der Waals surface area contributed by atoms with E-state index in [1.807, 2.05) is 13.8 Å². The standard InChI is InChI=1S/C12H14F3N3O2.C12H13F3O3/c1-2-3-7-4-5-8(20-12(13,14)15)6-9(7)10(19)18-11(16)17;1-3-4-8-5-6-9(18-12(13,14)15)7-10(8)11(16)17-2/h4-6H,2-3H2,1H3,(H4,16,17,18,19);5-7H,3-4H2,1-2H3. The Labute approximate surface area is 214 Å². The third kappa shape index (κ3) is 11.4. The van der Waals surface area contributed by atoms with Crippen molar-refractivity contribution >= 4 is 17.8 Å². The summed E-state index contributed by atoms with van der Waals surface area (Å²) in [6.45, 7) is 3.77. The number of benzene rings is 2. The van der Waals surface area contributed by atoms with Gasteiger partial charge in [-0.15, -0.1) is 26.3 Å². The Morgan fingerprint density at radius 1 is 0.789 bits per heavy atom. The number of nitrogens with two attached hydrogens (primary N) is 2. The molecule has 0 fully saturated rings. The van der Waals surface area contributed by atoms with E-state index in [0.29, 0.717) is 30.4 Å². The van der Waals surface area contributed by atoms with Crippen molar-refractivity contribution in [1.82, 2.24) is 0 Å². The molecule has 2 aromatic rings. The first-order valence-electron chi connectivity index (χ1n) is 11.1. The monoisotopic (exact) mass is 551 g/mol. The van der Waals surface area contributed by atoms with Crippen LogP contribution in [-0.4, -0.2) is 37.7 Å². The highest BCUT2D eigenvalue weighted by Crippen LogP contribution is 2.27. The van der Waals surface area contributed by atoms with Crippen molar-refractivity contribution in [3.8, 4) is 11.5 Å². The Hall–Kier alpha value is -3.97. The molecular formula is C24H27F6N3O5. The van der Waals surface area contributed by atoms with Crippen LogP contribution in [0.25, 0.3) is 0 Å². The number of hydrogen-bond donors (Lipinski definition) is 2. The van der Waals surface area contributed by atoms with Crippen molar-refractivity contribution < 1.29 is 50.1 Å². The number of esters is 1. The molecule has 0 aliphatic carbocycles. The maximum Gasteiger partial charge on any atom is 0.573 e. The smallest absolute Gasteiger partial charge is 0.465 e. The average molecular weight is 551 g/mol. The summed E-state index contributed by atoms with van der Waals surface area (Å²) in [5.41, 5.74) is 11.5. The first-order chi connectivity index (χ1) is 17.6.